The van der Waals surface area contributed by atoms with Crippen molar-refractivity contribution in [3.8, 4) is 0 Å². The van der Waals surface area contributed by atoms with Crippen molar-refractivity contribution in [3.63, 3.8) is 0 Å². The number of carboxylic acid groups (broad SMARTS) is 1. The molecule has 0 fully saturated rings. The van der Waals surface area contributed by atoms with Crippen LogP contribution >= 0.6 is 23.5 Å². The van der Waals surface area contributed by atoms with Gasteiger partial charge in [-0.3, -0.25) is 4.79 Å². The number of amidine groups is 1. The van der Waals surface area contributed by atoms with Crippen molar-refractivity contribution < 1.29 is 29.2 Å². The quantitative estimate of drug-likeness (QED) is 0.227. The molecule has 9 nitrogen and oxygen atoms in total. The van der Waals surface area contributed by atoms with Crippen LogP contribution in [0.1, 0.15) is 26.2 Å². The normalized spacial score (nSPS) is 12.4. The van der Waals surface area contributed by atoms with Gasteiger partial charge in [-0.15, -0.1) is 0 Å². The summed E-state index contributed by atoms with van der Waals surface area (Å²) in [5.74, 6) is -0.866. The molecule has 0 aromatic heterocycles. The van der Waals surface area contributed by atoms with Gasteiger partial charge in [-0.25, -0.2) is 9.59 Å². The molecule has 0 spiro atoms. The van der Waals surface area contributed by atoms with Gasteiger partial charge in [-0.1, -0.05) is 5.16 Å². The number of carbonyl (C=O) groups is 3. The van der Waals surface area contributed by atoms with Gasteiger partial charge < -0.3 is 20.5 Å². The van der Waals surface area contributed by atoms with Gasteiger partial charge in [-0.2, -0.15) is 5.06 Å². The Hall–Kier alpha value is -1.46. The third kappa shape index (κ3) is 10.0. The van der Waals surface area contributed by atoms with Crippen LogP contribution in [0.5, 0.6) is 0 Å². The highest BCUT2D eigenvalue weighted by Crippen LogP contribution is 2.09. The van der Waals surface area contributed by atoms with Crippen LogP contribution in [0.25, 0.3) is 0 Å². The van der Waals surface area contributed by atoms with E-state index in [1.165, 1.54) is 12.0 Å². The predicted molar refractivity (Wildman–Crippen MR) is 89.3 cm³/mol. The lowest BCUT2D eigenvalue weighted by Gasteiger charge is -2.21. The lowest BCUT2D eigenvalue weighted by atomic mass is 10.1. The van der Waals surface area contributed by atoms with E-state index in [2.05, 4.69) is 9.99 Å². The summed E-state index contributed by atoms with van der Waals surface area (Å²) in [6, 6.07) is -0.922. The lowest BCUT2D eigenvalue weighted by molar-refractivity contribution is -0.138. The highest BCUT2D eigenvalue weighted by Gasteiger charge is 2.15. The molecule has 0 aromatic carbocycles. The van der Waals surface area contributed by atoms with Crippen molar-refractivity contribution in [2.45, 2.75) is 32.2 Å². The Morgan fingerprint density at radius 3 is 2.35 bits per heavy atom. The zero-order valence-corrected chi connectivity index (χ0v) is 14.8. The number of oxime groups is 1. The number of carboxylic acids is 1. The van der Waals surface area contributed by atoms with Crippen molar-refractivity contribution in [2.24, 2.45) is 10.9 Å². The van der Waals surface area contributed by atoms with Gasteiger partial charge in [0.1, 0.15) is 6.04 Å². The van der Waals surface area contributed by atoms with Gasteiger partial charge >= 0.3 is 16.6 Å². The van der Waals surface area contributed by atoms with Crippen LogP contribution in [0.15, 0.2) is 5.16 Å². The molecule has 0 amide bonds. The number of hydrogen-bond acceptors (Lipinski definition) is 9. The molecule has 0 bridgehead atoms. The fourth-order valence-corrected chi connectivity index (χ4v) is 1.61. The molecule has 0 radical (unpaired) electrons. The average Bonchev–Trinajstić information content (AvgIpc) is 2.54. The van der Waals surface area contributed by atoms with Gasteiger partial charge in [0.25, 0.3) is 0 Å². The number of aliphatic carboxylic acids is 1. The molecule has 0 aliphatic heterocycles. The molecule has 0 saturated carbocycles. The highest BCUT2D eigenvalue weighted by atomic mass is 32.2. The summed E-state index contributed by atoms with van der Waals surface area (Å²) in [6.07, 6.45) is 4.46. The average molecular weight is 367 g/mol. The minimum atomic E-state index is -1.06. The molecule has 132 valence electrons. The maximum absolute atomic E-state index is 11.4. The molecule has 0 aromatic rings. The molecule has 0 unspecified atom stereocenters. The Morgan fingerprint density at radius 2 is 1.83 bits per heavy atom. The first kappa shape index (κ1) is 21.5. The van der Waals surface area contributed by atoms with E-state index in [1.807, 2.05) is 0 Å². The maximum atomic E-state index is 11.4. The smallest absolute Gasteiger partial charge is 0.393 e. The molecular weight excluding hydrogens is 346 g/mol. The standard InChI is InChI=1S/C12H21N3O6S2/c1-8(14-20-11(18)22-2)15(21-12(19)23-3)7-5-4-6-9(13)10(16)17/h9H,4-7,13H2,1-3H3,(H,16,17)/b14-8-/t9-/m0/s1. The van der Waals surface area contributed by atoms with Crippen molar-refractivity contribution in [2.75, 3.05) is 19.1 Å². The number of unbranched alkanes of at least 4 members (excludes halogenated alkanes) is 1. The number of rotatable bonds is 7. The Bertz CT molecular complexity index is 447. The van der Waals surface area contributed by atoms with Crippen LogP contribution in [0.4, 0.5) is 9.59 Å². The van der Waals surface area contributed by atoms with E-state index in [-0.39, 0.29) is 12.4 Å². The number of hydroxylamine groups is 2. The zero-order chi connectivity index (χ0) is 17.8. The van der Waals surface area contributed by atoms with Crippen molar-refractivity contribution >= 4 is 45.9 Å². The van der Waals surface area contributed by atoms with Crippen molar-refractivity contribution in [3.05, 3.63) is 0 Å². The summed E-state index contributed by atoms with van der Waals surface area (Å²) in [7, 11) is 0. The van der Waals surface area contributed by atoms with Gasteiger partial charge in [-0.05, 0) is 55.3 Å². The van der Waals surface area contributed by atoms with Crippen LogP contribution in [0.3, 0.4) is 0 Å². The molecule has 0 aliphatic rings. The third-order valence-corrected chi connectivity index (χ3v) is 3.39. The van der Waals surface area contributed by atoms with E-state index < -0.39 is 22.6 Å². The Kier molecular flexibility index (Phi) is 11.3. The van der Waals surface area contributed by atoms with Gasteiger partial charge in [0.05, 0.1) is 6.54 Å². The third-order valence-electron chi connectivity index (χ3n) is 2.57. The van der Waals surface area contributed by atoms with E-state index in [1.54, 1.807) is 12.5 Å². The molecule has 0 heterocycles. The van der Waals surface area contributed by atoms with E-state index in [0.717, 1.165) is 23.5 Å². The van der Waals surface area contributed by atoms with E-state index >= 15 is 0 Å². The molecule has 1 atom stereocenters. The molecule has 0 aliphatic carbocycles. The Labute approximate surface area is 142 Å². The first-order valence-corrected chi connectivity index (χ1v) is 9.08. The number of carbonyl (C=O) groups excluding carboxylic acids is 2. The fraction of sp³-hybridized carbons (Fsp3) is 0.667. The SMILES string of the molecule is CSC(=O)O/N=C(/C)N(CCCC[C@H](N)C(=O)O)OC(=O)SC. The molecular formula is C12H21N3O6S2. The maximum Gasteiger partial charge on any atom is 0.393 e. The minimum Gasteiger partial charge on any atom is -0.480 e. The minimum absolute atomic E-state index is 0.192. The largest absolute Gasteiger partial charge is 0.480 e. The summed E-state index contributed by atoms with van der Waals surface area (Å²) in [5.41, 5.74) is 5.41. The second-order valence-corrected chi connectivity index (χ2v) is 5.76. The summed E-state index contributed by atoms with van der Waals surface area (Å²) in [4.78, 5) is 42.7. The second kappa shape index (κ2) is 12.0. The molecule has 23 heavy (non-hydrogen) atoms. The van der Waals surface area contributed by atoms with Crippen LogP contribution in [0, 0.1) is 0 Å². The lowest BCUT2D eigenvalue weighted by Crippen LogP contribution is -2.33. The van der Waals surface area contributed by atoms with Gasteiger partial charge in [0.2, 0.25) is 0 Å². The van der Waals surface area contributed by atoms with E-state index in [0.29, 0.717) is 19.3 Å². The number of hydrogen-bond donors (Lipinski definition) is 2. The Balaban J connectivity index is 4.53. The van der Waals surface area contributed by atoms with Gasteiger partial charge in [0.15, 0.2) is 5.84 Å². The monoisotopic (exact) mass is 367 g/mol. The summed E-state index contributed by atoms with van der Waals surface area (Å²) < 4.78 is 0. The zero-order valence-electron chi connectivity index (χ0n) is 13.2. The number of nitrogens with zero attached hydrogens (tertiary/aromatic N) is 2. The van der Waals surface area contributed by atoms with Crippen molar-refractivity contribution in [1.29, 1.82) is 0 Å². The van der Waals surface area contributed by atoms with Crippen LogP contribution in [-0.4, -0.2) is 57.7 Å². The van der Waals surface area contributed by atoms with Crippen LogP contribution in [0.2, 0.25) is 0 Å². The fourth-order valence-electron chi connectivity index (χ4n) is 1.33. The molecule has 11 heteroatoms. The summed E-state index contributed by atoms with van der Waals surface area (Å²) >= 11 is 1.74. The summed E-state index contributed by atoms with van der Waals surface area (Å²) in [5, 5.41) is 12.3. The first-order valence-electron chi connectivity index (χ1n) is 6.63. The molecule has 3 N–H and O–H groups in total. The van der Waals surface area contributed by atoms with Gasteiger partial charge in [0, 0.05) is 6.92 Å². The molecule has 0 rings (SSSR count). The Morgan fingerprint density at radius 1 is 1.22 bits per heavy atom. The second-order valence-electron chi connectivity index (χ2n) is 4.27. The van der Waals surface area contributed by atoms with Crippen LogP contribution < -0.4 is 5.73 Å². The predicted octanol–water partition coefficient (Wildman–Crippen LogP) is 2.12. The number of thioether (sulfide) groups is 2. The number of nitrogens with two attached hydrogens (primary N) is 1. The van der Waals surface area contributed by atoms with Crippen LogP contribution in [-0.2, 0) is 14.5 Å². The summed E-state index contributed by atoms with van der Waals surface area (Å²) in [6.45, 7) is 1.79. The van der Waals surface area contributed by atoms with E-state index in [4.69, 9.17) is 15.7 Å². The van der Waals surface area contributed by atoms with Crippen molar-refractivity contribution in [1.82, 2.24) is 5.06 Å². The topological polar surface area (TPSA) is 132 Å². The van der Waals surface area contributed by atoms with E-state index in [9.17, 15) is 14.4 Å². The highest BCUT2D eigenvalue weighted by molar-refractivity contribution is 8.12. The first-order chi connectivity index (χ1) is 10.8. The molecule has 0 saturated heterocycles.